The molecule has 0 bridgehead atoms. The number of aromatic nitrogens is 2. The summed E-state index contributed by atoms with van der Waals surface area (Å²) < 4.78 is 16.2. The van der Waals surface area contributed by atoms with Gasteiger partial charge in [-0.2, -0.15) is 0 Å². The average Bonchev–Trinajstić information content (AvgIpc) is 3.17. The summed E-state index contributed by atoms with van der Waals surface area (Å²) in [7, 11) is 3.07. The lowest BCUT2D eigenvalue weighted by Crippen LogP contribution is -2.37. The molecule has 0 unspecified atom stereocenters. The highest BCUT2D eigenvalue weighted by Crippen LogP contribution is 2.34. The molecule has 28 heavy (non-hydrogen) atoms. The number of carbonyl (C=O) groups excluding carboxylic acids is 1. The van der Waals surface area contributed by atoms with Crippen LogP contribution in [0.3, 0.4) is 0 Å². The first-order valence-corrected chi connectivity index (χ1v) is 8.99. The maximum atomic E-state index is 12.9. The van der Waals surface area contributed by atoms with Crippen molar-refractivity contribution in [2.75, 3.05) is 20.8 Å². The number of ether oxygens (including phenoxy) is 2. The molecule has 0 aliphatic carbocycles. The molecular weight excluding hydrogens is 362 g/mol. The number of fused-ring (bicyclic) bond motifs is 2. The van der Waals surface area contributed by atoms with Crippen LogP contribution in [0.25, 0.3) is 11.0 Å². The van der Waals surface area contributed by atoms with Gasteiger partial charge in [-0.05, 0) is 12.5 Å². The van der Waals surface area contributed by atoms with Crippen LogP contribution >= 0.6 is 0 Å². The van der Waals surface area contributed by atoms with Crippen LogP contribution in [0, 0.1) is 6.92 Å². The SMILES string of the molecule is COc1cc(OC)c2c(C)c(CC(=O)N3CCc4nc[nH]c4C3)c(=O)oc2c1. The summed E-state index contributed by atoms with van der Waals surface area (Å²) in [4.78, 5) is 34.5. The number of imidazole rings is 1. The fourth-order valence-electron chi connectivity index (χ4n) is 3.65. The zero-order chi connectivity index (χ0) is 19.8. The lowest BCUT2D eigenvalue weighted by molar-refractivity contribution is -0.131. The first-order valence-electron chi connectivity index (χ1n) is 8.99. The molecule has 1 aliphatic rings. The molecular formula is C20H21N3O5. The van der Waals surface area contributed by atoms with Gasteiger partial charge in [-0.25, -0.2) is 9.78 Å². The van der Waals surface area contributed by atoms with Gasteiger partial charge >= 0.3 is 5.63 Å². The van der Waals surface area contributed by atoms with E-state index in [1.54, 1.807) is 37.4 Å². The summed E-state index contributed by atoms with van der Waals surface area (Å²) in [5.41, 5.74) is 2.80. The van der Waals surface area contributed by atoms with Crippen molar-refractivity contribution in [3.05, 3.63) is 51.4 Å². The van der Waals surface area contributed by atoms with Crippen LogP contribution in [0.2, 0.25) is 0 Å². The minimum atomic E-state index is -0.520. The zero-order valence-electron chi connectivity index (χ0n) is 16.0. The Morgan fingerprint density at radius 2 is 2.14 bits per heavy atom. The van der Waals surface area contributed by atoms with Crippen molar-refractivity contribution >= 4 is 16.9 Å². The van der Waals surface area contributed by atoms with Gasteiger partial charge in [0, 0.05) is 25.1 Å². The van der Waals surface area contributed by atoms with Crippen molar-refractivity contribution in [3.8, 4) is 11.5 Å². The first kappa shape index (κ1) is 18.1. The number of benzene rings is 1. The molecule has 3 aromatic rings. The van der Waals surface area contributed by atoms with Crippen molar-refractivity contribution in [1.82, 2.24) is 14.9 Å². The number of methoxy groups -OCH3 is 2. The third kappa shape index (κ3) is 3.00. The van der Waals surface area contributed by atoms with Gasteiger partial charge in [-0.15, -0.1) is 0 Å². The van der Waals surface area contributed by atoms with E-state index in [4.69, 9.17) is 13.9 Å². The monoisotopic (exact) mass is 383 g/mol. The van der Waals surface area contributed by atoms with Gasteiger partial charge in [-0.3, -0.25) is 4.79 Å². The normalized spacial score (nSPS) is 13.5. The standard InChI is InChI=1S/C20H21N3O5/c1-11-13(8-18(24)23-5-4-14-15(9-23)22-10-21-14)20(25)28-17-7-12(26-2)6-16(27-3)19(11)17/h6-7,10H,4-5,8-9H2,1-3H3,(H,21,22). The molecule has 0 saturated heterocycles. The van der Waals surface area contributed by atoms with Gasteiger partial charge < -0.3 is 23.8 Å². The molecule has 0 fully saturated rings. The van der Waals surface area contributed by atoms with E-state index in [0.29, 0.717) is 53.1 Å². The number of aryl methyl sites for hydroxylation is 1. The van der Waals surface area contributed by atoms with E-state index in [1.807, 2.05) is 0 Å². The Balaban J connectivity index is 1.69. The summed E-state index contributed by atoms with van der Waals surface area (Å²) in [6.45, 7) is 2.85. The molecule has 4 rings (SSSR count). The number of hydrogen-bond donors (Lipinski definition) is 1. The number of nitrogens with zero attached hydrogens (tertiary/aromatic N) is 2. The van der Waals surface area contributed by atoms with E-state index in [1.165, 1.54) is 7.11 Å². The van der Waals surface area contributed by atoms with Gasteiger partial charge in [0.05, 0.1) is 55.9 Å². The number of H-pyrrole nitrogens is 1. The van der Waals surface area contributed by atoms with Crippen LogP contribution in [0.4, 0.5) is 0 Å². The van der Waals surface area contributed by atoms with Crippen molar-refractivity contribution in [3.63, 3.8) is 0 Å². The van der Waals surface area contributed by atoms with Crippen molar-refractivity contribution in [2.45, 2.75) is 26.3 Å². The third-order valence-corrected chi connectivity index (χ3v) is 5.23. The Morgan fingerprint density at radius 3 is 2.89 bits per heavy atom. The van der Waals surface area contributed by atoms with Gasteiger partial charge in [0.25, 0.3) is 0 Å². The molecule has 8 nitrogen and oxygen atoms in total. The predicted molar refractivity (Wildman–Crippen MR) is 102 cm³/mol. The minimum Gasteiger partial charge on any atom is -0.496 e. The lowest BCUT2D eigenvalue weighted by Gasteiger charge is -2.26. The topological polar surface area (TPSA) is 97.7 Å². The average molecular weight is 383 g/mol. The van der Waals surface area contributed by atoms with E-state index in [0.717, 1.165) is 11.4 Å². The maximum Gasteiger partial charge on any atom is 0.340 e. The maximum absolute atomic E-state index is 12.9. The van der Waals surface area contributed by atoms with Crippen LogP contribution in [0.5, 0.6) is 11.5 Å². The smallest absolute Gasteiger partial charge is 0.340 e. The molecule has 1 aliphatic heterocycles. The molecule has 3 heterocycles. The van der Waals surface area contributed by atoms with Crippen LogP contribution in [0.1, 0.15) is 22.5 Å². The Labute approximate surface area is 161 Å². The fraction of sp³-hybridized carbons (Fsp3) is 0.350. The van der Waals surface area contributed by atoms with Crippen LogP contribution < -0.4 is 15.1 Å². The molecule has 1 N–H and O–H groups in total. The van der Waals surface area contributed by atoms with Crippen molar-refractivity contribution in [2.24, 2.45) is 0 Å². The van der Waals surface area contributed by atoms with Gasteiger partial charge in [0.15, 0.2) is 0 Å². The highest BCUT2D eigenvalue weighted by Gasteiger charge is 2.25. The molecule has 8 heteroatoms. The predicted octanol–water partition coefficient (Wildman–Crippen LogP) is 1.97. The number of rotatable bonds is 4. The van der Waals surface area contributed by atoms with Crippen molar-refractivity contribution in [1.29, 1.82) is 0 Å². The van der Waals surface area contributed by atoms with Gasteiger partial charge in [-0.1, -0.05) is 0 Å². The van der Waals surface area contributed by atoms with E-state index < -0.39 is 5.63 Å². The van der Waals surface area contributed by atoms with Crippen molar-refractivity contribution < 1.29 is 18.7 Å². The zero-order valence-corrected chi connectivity index (χ0v) is 16.0. The summed E-state index contributed by atoms with van der Waals surface area (Å²) >= 11 is 0. The van der Waals surface area contributed by atoms with E-state index in [-0.39, 0.29) is 12.3 Å². The number of aromatic amines is 1. The fourth-order valence-corrected chi connectivity index (χ4v) is 3.65. The Bertz CT molecular complexity index is 1110. The quantitative estimate of drug-likeness (QED) is 0.692. The van der Waals surface area contributed by atoms with E-state index >= 15 is 0 Å². The largest absolute Gasteiger partial charge is 0.496 e. The third-order valence-electron chi connectivity index (χ3n) is 5.23. The highest BCUT2D eigenvalue weighted by molar-refractivity contribution is 5.90. The molecule has 146 valence electrons. The molecule has 1 amide bonds. The summed E-state index contributed by atoms with van der Waals surface area (Å²) in [5.74, 6) is 0.936. The molecule has 0 radical (unpaired) electrons. The number of carbonyl (C=O) groups is 1. The highest BCUT2D eigenvalue weighted by atomic mass is 16.5. The first-order chi connectivity index (χ1) is 13.5. The lowest BCUT2D eigenvalue weighted by atomic mass is 10.0. The minimum absolute atomic E-state index is 0.0250. The van der Waals surface area contributed by atoms with Gasteiger partial charge in [0.1, 0.15) is 17.1 Å². The molecule has 0 spiro atoms. The molecule has 0 atom stereocenters. The summed E-state index contributed by atoms with van der Waals surface area (Å²) in [6.07, 6.45) is 2.31. The Hall–Kier alpha value is -3.29. The molecule has 0 saturated carbocycles. The summed E-state index contributed by atoms with van der Waals surface area (Å²) in [6, 6.07) is 3.37. The molecule has 2 aromatic heterocycles. The number of amides is 1. The van der Waals surface area contributed by atoms with E-state index in [2.05, 4.69) is 9.97 Å². The second-order valence-electron chi connectivity index (χ2n) is 6.77. The molecule has 1 aromatic carbocycles. The Kier molecular flexibility index (Phi) is 4.54. The van der Waals surface area contributed by atoms with Crippen LogP contribution in [-0.2, 0) is 24.2 Å². The number of hydrogen-bond acceptors (Lipinski definition) is 6. The second kappa shape index (κ2) is 7.03. The van der Waals surface area contributed by atoms with E-state index in [9.17, 15) is 9.59 Å². The summed E-state index contributed by atoms with van der Waals surface area (Å²) in [5, 5.41) is 0.667. The van der Waals surface area contributed by atoms with Gasteiger partial charge in [0.2, 0.25) is 5.91 Å². The second-order valence-corrected chi connectivity index (χ2v) is 6.77. The Morgan fingerprint density at radius 1 is 1.32 bits per heavy atom. The van der Waals surface area contributed by atoms with Crippen LogP contribution in [0.15, 0.2) is 27.7 Å². The van der Waals surface area contributed by atoms with Crippen LogP contribution in [-0.4, -0.2) is 41.5 Å². The number of nitrogens with one attached hydrogen (secondary N) is 1.